The van der Waals surface area contributed by atoms with Crippen molar-refractivity contribution in [2.45, 2.75) is 0 Å². The summed E-state index contributed by atoms with van der Waals surface area (Å²) in [6, 6.07) is 101. The van der Waals surface area contributed by atoms with E-state index in [9.17, 15) is 11.8 Å². The molecule has 13 aromatic carbocycles. The van der Waals surface area contributed by atoms with Crippen molar-refractivity contribution in [3.05, 3.63) is 308 Å². The number of hydrogen-bond donors (Lipinski definition) is 0. The Bertz CT molecular complexity index is 4630. The van der Waals surface area contributed by atoms with E-state index in [1.807, 2.05) is 146 Å². The van der Waals surface area contributed by atoms with Gasteiger partial charge < -0.3 is 38.5 Å². The Kier molecular flexibility index (Phi) is 12.1. The lowest BCUT2D eigenvalue weighted by Crippen LogP contribution is -2.15. The first-order valence-electron chi connectivity index (χ1n) is 29.6. The Labute approximate surface area is 519 Å². The Morgan fingerprint density at radius 2 is 0.456 bits per heavy atom. The third-order valence-corrected chi connectivity index (χ3v) is 17.1. The van der Waals surface area contributed by atoms with Gasteiger partial charge in [0, 0.05) is 22.7 Å². The first-order valence-corrected chi connectivity index (χ1v) is 29.6. The maximum Gasteiger partial charge on any atom is 0.213 e. The fraction of sp³-hybridized carbons (Fsp3) is 0. The molecule has 0 amide bonds. The van der Waals surface area contributed by atoms with Crippen LogP contribution < -0.4 is 38.5 Å². The van der Waals surface area contributed by atoms with E-state index < -0.39 is 0 Å². The Morgan fingerprint density at radius 3 is 0.678 bits per heavy atom. The summed E-state index contributed by atoms with van der Waals surface area (Å²) in [4.78, 5) is 13.3. The van der Waals surface area contributed by atoms with E-state index in [0.717, 1.165) is 148 Å². The largest absolute Gasteiger partial charge is 0.453 e. The normalized spacial score (nSPS) is 12.7. The molecule has 17 rings (SSSR count). The van der Waals surface area contributed by atoms with Crippen LogP contribution >= 0.6 is 0 Å². The molecular weight excluding hydrogens is 1110 g/mol. The summed E-state index contributed by atoms with van der Waals surface area (Å²) >= 11 is 0. The maximum absolute atomic E-state index is 11.9. The summed E-state index contributed by atoms with van der Waals surface area (Å²) in [7, 11) is 0. The van der Waals surface area contributed by atoms with Gasteiger partial charge in [-0.2, -0.15) is 5.26 Å². The number of fused-ring (bicyclic) bond motifs is 8. The van der Waals surface area contributed by atoms with Crippen molar-refractivity contribution in [1.82, 2.24) is 0 Å². The lowest BCUT2D eigenvalue weighted by atomic mass is 9.79. The molecule has 0 saturated heterocycles. The highest BCUT2D eigenvalue weighted by atomic mass is 16.5. The molecule has 0 N–H and O–H groups in total. The summed E-state index contributed by atoms with van der Waals surface area (Å²) in [5, 5.41) is 11.9. The summed E-state index contributed by atoms with van der Waals surface area (Å²) in [6.07, 6.45) is 0. The predicted octanol–water partition coefficient (Wildman–Crippen LogP) is 23.1. The molecule has 0 radical (unpaired) electrons. The predicted molar refractivity (Wildman–Crippen MR) is 358 cm³/mol. The topological polar surface area (TPSA) is 78.0 Å². The van der Waals surface area contributed by atoms with E-state index in [0.29, 0.717) is 11.1 Å². The van der Waals surface area contributed by atoms with Crippen LogP contribution in [0.2, 0.25) is 0 Å². The molecule has 0 unspecified atom stereocenters. The monoisotopic (exact) mass is 1160 g/mol. The Hall–Kier alpha value is -12.8. The van der Waals surface area contributed by atoms with Gasteiger partial charge in [-0.1, -0.05) is 146 Å². The summed E-state index contributed by atoms with van der Waals surface area (Å²) in [6.45, 7) is 9.31. The highest BCUT2D eigenvalue weighted by Gasteiger charge is 2.33. The van der Waals surface area contributed by atoms with Gasteiger partial charge in [-0.15, -0.1) is 0 Å². The van der Waals surface area contributed by atoms with E-state index in [1.165, 1.54) is 0 Å². The second-order valence-corrected chi connectivity index (χ2v) is 22.1. The fourth-order valence-corrected chi connectivity index (χ4v) is 13.1. The van der Waals surface area contributed by atoms with E-state index in [2.05, 4.69) is 176 Å². The molecule has 0 fully saturated rings. The molecule has 0 saturated carbocycles. The zero-order valence-corrected chi connectivity index (χ0v) is 48.0. The summed E-state index contributed by atoms with van der Waals surface area (Å²) in [5.74, 6) is 5.95. The molecule has 0 spiro atoms. The molecule has 4 heterocycles. The van der Waals surface area contributed by atoms with Crippen molar-refractivity contribution in [1.29, 1.82) is 5.26 Å². The van der Waals surface area contributed by atoms with Crippen LogP contribution in [0.15, 0.2) is 291 Å². The molecule has 0 bridgehead atoms. The van der Waals surface area contributed by atoms with E-state index in [4.69, 9.17) is 18.9 Å². The number of anilines is 12. The highest BCUT2D eigenvalue weighted by Crippen LogP contribution is 2.58. The molecule has 0 atom stereocenters. The van der Waals surface area contributed by atoms with Gasteiger partial charge in [0.1, 0.15) is 0 Å². The van der Waals surface area contributed by atoms with Crippen LogP contribution in [0.5, 0.6) is 46.0 Å². The fourth-order valence-electron chi connectivity index (χ4n) is 13.1. The zero-order valence-electron chi connectivity index (χ0n) is 48.0. The smallest absolute Gasteiger partial charge is 0.213 e. The van der Waals surface area contributed by atoms with Crippen LogP contribution in [0.4, 0.5) is 73.9 Å². The van der Waals surface area contributed by atoms with Gasteiger partial charge in [-0.25, -0.2) is 4.85 Å². The van der Waals surface area contributed by atoms with E-state index in [1.54, 1.807) is 0 Å². The maximum atomic E-state index is 11.9. The Morgan fingerprint density at radius 1 is 0.256 bits per heavy atom. The first-order chi connectivity index (χ1) is 44.6. The van der Waals surface area contributed by atoms with Gasteiger partial charge in [-0.3, -0.25) is 0 Å². The second kappa shape index (κ2) is 21.0. The molecule has 10 heteroatoms. The minimum Gasteiger partial charge on any atom is -0.453 e. The first kappa shape index (κ1) is 51.6. The van der Waals surface area contributed by atoms with Gasteiger partial charge in [-0.05, 0) is 190 Å². The third kappa shape index (κ3) is 8.32. The van der Waals surface area contributed by atoms with Crippen molar-refractivity contribution >= 4 is 73.9 Å². The number of nitriles is 1. The van der Waals surface area contributed by atoms with Gasteiger partial charge in [0.15, 0.2) is 46.0 Å². The van der Waals surface area contributed by atoms with Crippen LogP contribution in [-0.4, -0.2) is 0 Å². The van der Waals surface area contributed by atoms with E-state index in [-0.39, 0.29) is 11.3 Å². The molecule has 10 nitrogen and oxygen atoms in total. The third-order valence-electron chi connectivity index (χ3n) is 17.1. The van der Waals surface area contributed by atoms with Crippen molar-refractivity contribution in [2.24, 2.45) is 0 Å². The number of nitrogens with zero attached hydrogens (tertiary/aromatic N) is 6. The summed E-state index contributed by atoms with van der Waals surface area (Å²) in [5.41, 5.74) is 17.4. The lowest BCUT2D eigenvalue weighted by Gasteiger charge is -2.33. The minimum absolute atomic E-state index is 0.236. The van der Waals surface area contributed by atoms with Crippen molar-refractivity contribution in [3.8, 4) is 96.6 Å². The number of para-hydroxylation sites is 16. The number of ether oxygens (including phenoxy) is 4. The Balaban J connectivity index is 0.908. The molecule has 4 aliphatic rings. The molecule has 13 aromatic rings. The minimum atomic E-state index is 0.236. The molecule has 4 aliphatic heterocycles. The standard InChI is InChI=1S/C80H48N6O4/c1-82-80-59(50-81)76(51-34-42-55(43-35-51)83-60-18-2-10-26-68(60)87-69-27-11-3-19-61(69)83)77(52-36-44-56(45-37-52)84-62-20-4-12-28-70(62)88-71-29-13-5-21-63(71)84)78(53-38-46-57(47-39-53)85-64-22-6-14-30-72(64)89-73-31-15-7-23-65(73)85)79(80)54-40-48-58(49-41-54)86-66-24-8-16-32-74(66)90-75-33-17-9-25-67(75)86/h2-49H. The molecular formula is C80H48N6O4. The second-order valence-electron chi connectivity index (χ2n) is 22.1. The number of hydrogen-bond acceptors (Lipinski definition) is 9. The van der Waals surface area contributed by atoms with Gasteiger partial charge in [0.05, 0.1) is 63.7 Å². The number of rotatable bonds is 8. The van der Waals surface area contributed by atoms with Gasteiger partial charge in [0.25, 0.3) is 0 Å². The highest BCUT2D eigenvalue weighted by molar-refractivity contribution is 6.10. The average molecular weight is 1160 g/mol. The quantitative estimate of drug-likeness (QED) is 0.138. The molecule has 0 aliphatic carbocycles. The molecule has 0 aromatic heterocycles. The van der Waals surface area contributed by atoms with Crippen LogP contribution in [0.25, 0.3) is 49.4 Å². The van der Waals surface area contributed by atoms with Crippen LogP contribution in [0, 0.1) is 17.9 Å². The lowest BCUT2D eigenvalue weighted by molar-refractivity contribution is 0.477. The molecule has 422 valence electrons. The summed E-state index contributed by atoms with van der Waals surface area (Å²) < 4.78 is 25.8. The van der Waals surface area contributed by atoms with Crippen molar-refractivity contribution < 1.29 is 18.9 Å². The zero-order chi connectivity index (χ0) is 59.8. The van der Waals surface area contributed by atoms with Crippen LogP contribution in [-0.2, 0) is 0 Å². The molecule has 90 heavy (non-hydrogen) atoms. The van der Waals surface area contributed by atoms with Gasteiger partial charge >= 0.3 is 0 Å². The van der Waals surface area contributed by atoms with E-state index >= 15 is 0 Å². The van der Waals surface area contributed by atoms with Gasteiger partial charge in [0.2, 0.25) is 5.69 Å². The van der Waals surface area contributed by atoms with Crippen molar-refractivity contribution in [2.75, 3.05) is 19.6 Å². The SMILES string of the molecule is [C-]#[N+]c1c(C#N)c(-c2ccc(N3c4ccccc4Oc4ccccc43)cc2)c(-c2ccc(N3c4ccccc4Oc4ccccc43)cc2)c(-c2ccc(N3c4ccccc4Oc4ccccc43)cc2)c1-c1ccc(N2c3ccccc3Oc3ccccc32)cc1. The number of benzene rings is 13. The van der Waals surface area contributed by atoms with Crippen molar-refractivity contribution in [3.63, 3.8) is 0 Å². The van der Waals surface area contributed by atoms with Crippen LogP contribution in [0.3, 0.4) is 0 Å². The average Bonchev–Trinajstić information content (AvgIpc) is 0.776. The van der Waals surface area contributed by atoms with Crippen LogP contribution in [0.1, 0.15) is 5.56 Å².